The van der Waals surface area contributed by atoms with Crippen LogP contribution in [-0.2, 0) is 21.0 Å². The molecule has 0 saturated heterocycles. The maximum atomic E-state index is 12.2. The number of aliphatic hydroxyl groups excluding tert-OH is 1. The van der Waals surface area contributed by atoms with Gasteiger partial charge in [0.2, 0.25) is 0 Å². The summed E-state index contributed by atoms with van der Waals surface area (Å²) in [6, 6.07) is 8.53. The molecule has 2 aliphatic rings. The van der Waals surface area contributed by atoms with Gasteiger partial charge >= 0.3 is 0 Å². The normalized spacial score (nSPS) is 20.5. The van der Waals surface area contributed by atoms with Crippen LogP contribution in [0.5, 0.6) is 0 Å². The van der Waals surface area contributed by atoms with Gasteiger partial charge in [0.1, 0.15) is 6.10 Å². The van der Waals surface area contributed by atoms with Crippen molar-refractivity contribution < 1.29 is 14.3 Å². The number of hydrogen-bond donors (Lipinski definition) is 1. The highest BCUT2D eigenvalue weighted by molar-refractivity contribution is 6.74. The van der Waals surface area contributed by atoms with Crippen molar-refractivity contribution in [2.45, 2.75) is 130 Å². The molecule has 2 unspecified atom stereocenters. The first-order valence-electron chi connectivity index (χ1n) is 15.6. The van der Waals surface area contributed by atoms with Gasteiger partial charge < -0.3 is 14.3 Å². The smallest absolute Gasteiger partial charge is 0.192 e. The van der Waals surface area contributed by atoms with Gasteiger partial charge in [-0.3, -0.25) is 4.98 Å². The van der Waals surface area contributed by atoms with Gasteiger partial charge in [0.15, 0.2) is 8.32 Å². The maximum absolute atomic E-state index is 12.2. The zero-order valence-electron chi connectivity index (χ0n) is 27.9. The quantitative estimate of drug-likeness (QED) is 0.347. The summed E-state index contributed by atoms with van der Waals surface area (Å²) in [6.07, 6.45) is 4.07. The molecule has 0 fully saturated rings. The second-order valence-corrected chi connectivity index (χ2v) is 20.8. The molecule has 226 valence electrons. The average molecular weight is 578 g/mol. The van der Waals surface area contributed by atoms with E-state index in [0.29, 0.717) is 13.2 Å². The van der Waals surface area contributed by atoms with Crippen molar-refractivity contribution in [2.24, 2.45) is 5.41 Å². The molecule has 0 spiro atoms. The molecule has 1 aromatic carbocycles. The van der Waals surface area contributed by atoms with Gasteiger partial charge in [-0.15, -0.1) is 0 Å². The van der Waals surface area contributed by atoms with Gasteiger partial charge in [-0.2, -0.15) is 0 Å². The third-order valence-corrected chi connectivity index (χ3v) is 14.0. The lowest BCUT2D eigenvalue weighted by Gasteiger charge is -2.45. The molecule has 4 rings (SSSR count). The molecule has 1 aromatic heterocycles. The lowest BCUT2D eigenvalue weighted by Crippen LogP contribution is -2.44. The molecule has 0 saturated carbocycles. The van der Waals surface area contributed by atoms with Crippen molar-refractivity contribution in [2.75, 3.05) is 13.2 Å². The van der Waals surface area contributed by atoms with Crippen LogP contribution in [0, 0.1) is 5.41 Å². The van der Waals surface area contributed by atoms with Gasteiger partial charge in [0.25, 0.3) is 0 Å². The minimum Gasteiger partial charge on any atom is -0.410 e. The highest BCUT2D eigenvalue weighted by atomic mass is 28.4. The monoisotopic (exact) mass is 577 g/mol. The predicted octanol–water partition coefficient (Wildman–Crippen LogP) is 9.42. The Kier molecular flexibility index (Phi) is 8.91. The molecule has 2 aromatic rings. The predicted molar refractivity (Wildman–Crippen MR) is 174 cm³/mol. The Morgan fingerprint density at radius 2 is 1.68 bits per heavy atom. The molecule has 1 N–H and O–H groups in total. The first kappa shape index (κ1) is 32.1. The van der Waals surface area contributed by atoms with Crippen LogP contribution in [0.2, 0.25) is 18.1 Å². The summed E-state index contributed by atoms with van der Waals surface area (Å²) in [5.41, 5.74) is 9.06. The van der Waals surface area contributed by atoms with Crippen LogP contribution >= 0.6 is 0 Å². The van der Waals surface area contributed by atoms with Crippen LogP contribution in [0.1, 0.15) is 139 Å². The number of nitrogens with zero attached hydrogens (tertiary/aromatic N) is 1. The topological polar surface area (TPSA) is 51.6 Å². The van der Waals surface area contributed by atoms with E-state index in [1.807, 2.05) is 0 Å². The van der Waals surface area contributed by atoms with Crippen molar-refractivity contribution in [1.82, 2.24) is 4.98 Å². The zero-order valence-corrected chi connectivity index (χ0v) is 28.9. The Bertz CT molecular complexity index is 1280. The van der Waals surface area contributed by atoms with Crippen LogP contribution in [0.25, 0.3) is 5.57 Å². The first-order chi connectivity index (χ1) is 18.8. The molecule has 0 radical (unpaired) electrons. The van der Waals surface area contributed by atoms with Crippen LogP contribution in [0.3, 0.4) is 0 Å². The van der Waals surface area contributed by atoms with Gasteiger partial charge in [-0.25, -0.2) is 0 Å². The standard InChI is InChI=1S/C36H55NO3Si/c1-23(2)32-31(33(38)25-13-15-26(16-14-25)34(3,4)5)29(24-17-19-39-20-18-24)30-27(37-32)21-36(9,10)22-28(30)40-41(11,12)35(6,7)8/h13-17,23,28,33,38H,18-22H2,1-12H3. The van der Waals surface area contributed by atoms with Crippen LogP contribution in [-0.4, -0.2) is 31.6 Å². The van der Waals surface area contributed by atoms with E-state index in [-0.39, 0.29) is 27.9 Å². The Morgan fingerprint density at radius 1 is 1.05 bits per heavy atom. The Balaban J connectivity index is 2.01. The summed E-state index contributed by atoms with van der Waals surface area (Å²) in [6.45, 7) is 28.7. The van der Waals surface area contributed by atoms with Gasteiger partial charge in [-0.05, 0) is 76.4 Å². The fourth-order valence-corrected chi connectivity index (χ4v) is 7.34. The number of rotatable bonds is 6. The summed E-state index contributed by atoms with van der Waals surface area (Å²) in [7, 11) is -2.10. The van der Waals surface area contributed by atoms with Crippen molar-refractivity contribution >= 4 is 13.9 Å². The van der Waals surface area contributed by atoms with Crippen molar-refractivity contribution in [3.63, 3.8) is 0 Å². The summed E-state index contributed by atoms with van der Waals surface area (Å²) in [5, 5.41) is 12.3. The fourth-order valence-electron chi connectivity index (χ4n) is 6.08. The molecule has 2 heterocycles. The minimum absolute atomic E-state index is 0.0547. The summed E-state index contributed by atoms with van der Waals surface area (Å²) in [4.78, 5) is 5.43. The second kappa shape index (κ2) is 11.4. The minimum atomic E-state index is -2.10. The molecular formula is C36H55NO3Si. The molecule has 5 heteroatoms. The number of benzene rings is 1. The van der Waals surface area contributed by atoms with Gasteiger partial charge in [-0.1, -0.05) is 99.6 Å². The Hall–Kier alpha value is -1.79. The lowest BCUT2D eigenvalue weighted by atomic mass is 9.71. The Labute approximate surface area is 251 Å². The van der Waals surface area contributed by atoms with E-state index in [1.165, 1.54) is 22.3 Å². The molecular weight excluding hydrogens is 522 g/mol. The number of fused-ring (bicyclic) bond motifs is 1. The van der Waals surface area contributed by atoms with Crippen molar-refractivity contribution in [1.29, 1.82) is 0 Å². The van der Waals surface area contributed by atoms with Crippen molar-refractivity contribution in [3.05, 3.63) is 69.5 Å². The van der Waals surface area contributed by atoms with E-state index in [2.05, 4.69) is 113 Å². The first-order valence-corrected chi connectivity index (χ1v) is 18.5. The maximum Gasteiger partial charge on any atom is 0.192 e. The number of pyridine rings is 1. The van der Waals surface area contributed by atoms with Gasteiger partial charge in [0, 0.05) is 22.5 Å². The number of ether oxygens (including phenoxy) is 1. The van der Waals surface area contributed by atoms with Crippen LogP contribution in [0.4, 0.5) is 0 Å². The third-order valence-electron chi connectivity index (χ3n) is 9.53. The zero-order chi connectivity index (χ0) is 30.5. The van der Waals surface area contributed by atoms with E-state index in [1.54, 1.807) is 0 Å². The second-order valence-electron chi connectivity index (χ2n) is 16.0. The van der Waals surface area contributed by atoms with Crippen LogP contribution in [0.15, 0.2) is 30.3 Å². The number of hydrogen-bond acceptors (Lipinski definition) is 4. The molecule has 0 bridgehead atoms. The summed E-state index contributed by atoms with van der Waals surface area (Å²) >= 11 is 0. The van der Waals surface area contributed by atoms with E-state index in [0.717, 1.165) is 41.8 Å². The highest BCUT2D eigenvalue weighted by Crippen LogP contribution is 2.51. The van der Waals surface area contributed by atoms with Crippen molar-refractivity contribution in [3.8, 4) is 0 Å². The Morgan fingerprint density at radius 3 is 2.20 bits per heavy atom. The van der Waals surface area contributed by atoms with E-state index < -0.39 is 14.4 Å². The molecule has 4 nitrogen and oxygen atoms in total. The largest absolute Gasteiger partial charge is 0.410 e. The molecule has 0 amide bonds. The molecule has 1 aliphatic carbocycles. The number of aliphatic hydroxyl groups is 1. The number of aromatic nitrogens is 1. The highest BCUT2D eigenvalue weighted by Gasteiger charge is 2.45. The van der Waals surface area contributed by atoms with Crippen LogP contribution < -0.4 is 0 Å². The molecule has 1 aliphatic heterocycles. The SMILES string of the molecule is CC(C)c1nc2c(c(C3=CCOCC3)c1C(O)c1ccc(C(C)(C)C)cc1)C(O[Si](C)(C)C(C)(C)C)CC(C)(C)C2. The van der Waals surface area contributed by atoms with E-state index in [4.69, 9.17) is 14.1 Å². The molecule has 41 heavy (non-hydrogen) atoms. The van der Waals surface area contributed by atoms with E-state index >= 15 is 0 Å². The fraction of sp³-hybridized carbons (Fsp3) is 0.639. The molecule has 2 atom stereocenters. The average Bonchev–Trinajstić information content (AvgIpc) is 2.85. The summed E-state index contributed by atoms with van der Waals surface area (Å²) < 4.78 is 13.1. The lowest BCUT2D eigenvalue weighted by molar-refractivity contribution is 0.105. The third kappa shape index (κ3) is 6.74. The van der Waals surface area contributed by atoms with Gasteiger partial charge in [0.05, 0.1) is 19.3 Å². The van der Waals surface area contributed by atoms with E-state index in [9.17, 15) is 5.11 Å². The summed E-state index contributed by atoms with van der Waals surface area (Å²) in [5.74, 6) is 0.169.